The first-order chi connectivity index (χ1) is 9.53. The van der Waals surface area contributed by atoms with Gasteiger partial charge in [0.05, 0.1) is 12.2 Å². The molecule has 1 heterocycles. The van der Waals surface area contributed by atoms with E-state index in [2.05, 4.69) is 24.1 Å². The second-order valence-electron chi connectivity index (χ2n) is 5.20. The van der Waals surface area contributed by atoms with Crippen LogP contribution in [0.5, 0.6) is 0 Å². The molecule has 1 aliphatic heterocycles. The molecule has 1 rings (SSSR count). The number of hydrogen-bond donors (Lipinski definition) is 1. The van der Waals surface area contributed by atoms with E-state index in [9.17, 15) is 9.90 Å². The fourth-order valence-electron chi connectivity index (χ4n) is 2.35. The third-order valence-corrected chi connectivity index (χ3v) is 3.58. The van der Waals surface area contributed by atoms with E-state index in [1.165, 1.54) is 12.8 Å². The molecular weight excluding hydrogens is 254 g/mol. The van der Waals surface area contributed by atoms with Crippen molar-refractivity contribution in [1.29, 1.82) is 0 Å². The zero-order valence-electron chi connectivity index (χ0n) is 12.4. The van der Waals surface area contributed by atoms with E-state index in [1.807, 2.05) is 0 Å². The van der Waals surface area contributed by atoms with Gasteiger partial charge in [0.25, 0.3) is 0 Å². The summed E-state index contributed by atoms with van der Waals surface area (Å²) in [5.74, 6) is -0.315. The van der Waals surface area contributed by atoms with Gasteiger partial charge in [-0.2, -0.15) is 0 Å². The van der Waals surface area contributed by atoms with Crippen molar-refractivity contribution in [1.82, 2.24) is 0 Å². The van der Waals surface area contributed by atoms with Crippen LogP contribution in [-0.2, 0) is 4.79 Å². The Morgan fingerprint density at radius 3 is 2.80 bits per heavy atom. The maximum absolute atomic E-state index is 11.0. The second kappa shape index (κ2) is 7.97. The van der Waals surface area contributed by atoms with Crippen LogP contribution in [0.1, 0.15) is 46.0 Å². The Kier molecular flexibility index (Phi) is 6.61. The van der Waals surface area contributed by atoms with Gasteiger partial charge in [0.2, 0.25) is 5.84 Å². The minimum atomic E-state index is -1.11. The van der Waals surface area contributed by atoms with Crippen molar-refractivity contribution in [3.8, 4) is 0 Å². The first-order valence-corrected chi connectivity index (χ1v) is 7.25. The van der Waals surface area contributed by atoms with Gasteiger partial charge in [-0.15, -0.1) is 0 Å². The smallest absolute Gasteiger partial charge is 0.209 e. The molecule has 0 amide bonds. The summed E-state index contributed by atoms with van der Waals surface area (Å²) in [6.45, 7) is 3.80. The van der Waals surface area contributed by atoms with Gasteiger partial charge in [0, 0.05) is 13.3 Å². The number of carbonyl (C=O) groups excluding carboxylic acids is 1. The molecule has 2 N–H and O–H groups in total. The Balaban J connectivity index is 2.60. The van der Waals surface area contributed by atoms with Crippen molar-refractivity contribution in [3.05, 3.63) is 24.6 Å². The first kappa shape index (κ1) is 16.6. The Morgan fingerprint density at radius 2 is 2.20 bits per heavy atom. The Bertz CT molecular complexity index is 413. The largest absolute Gasteiger partial charge is 0.544 e. The molecule has 112 valence electrons. The normalized spacial score (nSPS) is 23.2. The summed E-state index contributed by atoms with van der Waals surface area (Å²) in [5, 5.41) is 11.0. The summed E-state index contributed by atoms with van der Waals surface area (Å²) < 4.78 is 0.0745. The van der Waals surface area contributed by atoms with Crippen LogP contribution in [0.25, 0.3) is 0 Å². The molecule has 0 fully saturated rings. The Morgan fingerprint density at radius 1 is 1.50 bits per heavy atom. The van der Waals surface area contributed by atoms with E-state index >= 15 is 0 Å². The third kappa shape index (κ3) is 4.28. The van der Waals surface area contributed by atoms with Crippen LogP contribution in [-0.4, -0.2) is 29.0 Å². The summed E-state index contributed by atoms with van der Waals surface area (Å²) in [6.07, 6.45) is 12.4. The van der Waals surface area contributed by atoms with Crippen LogP contribution in [0.3, 0.4) is 0 Å². The topological polar surface area (TPSA) is 78.5 Å². The van der Waals surface area contributed by atoms with Crippen LogP contribution < -0.4 is 10.8 Å². The Labute approximate surface area is 121 Å². The lowest BCUT2D eigenvalue weighted by atomic mass is 10.2. The number of unbranched alkanes of at least 4 members (excludes halogenated alkanes) is 2. The molecule has 20 heavy (non-hydrogen) atoms. The summed E-state index contributed by atoms with van der Waals surface area (Å²) in [5.41, 5.74) is 5.97. The van der Waals surface area contributed by atoms with Crippen LogP contribution in [0, 0.1) is 0 Å². The molecule has 0 spiro atoms. The molecule has 2 unspecified atom stereocenters. The number of nitrogens with zero attached hydrogens (tertiary/aromatic N) is 2. The first-order valence-electron chi connectivity index (χ1n) is 7.25. The standard InChI is InChI=1S/C15H25N3O2/c1-3-4-5-6-7-8-9-14-17-10-11-18(14,13(2)16)12-15(19)20/h6-7,10-11,13H,3-5,8-9,12,16H2,1-2H3/b7-6+. The summed E-state index contributed by atoms with van der Waals surface area (Å²) in [7, 11) is 0. The number of aliphatic imine (C=N–C) groups is 1. The molecule has 0 aromatic carbocycles. The number of quaternary nitrogens is 1. The highest BCUT2D eigenvalue weighted by molar-refractivity contribution is 5.81. The van der Waals surface area contributed by atoms with Crippen LogP contribution in [0.2, 0.25) is 0 Å². The predicted molar refractivity (Wildman–Crippen MR) is 78.3 cm³/mol. The van der Waals surface area contributed by atoms with E-state index in [0.717, 1.165) is 18.7 Å². The molecule has 5 nitrogen and oxygen atoms in total. The highest BCUT2D eigenvalue weighted by Gasteiger charge is 2.38. The van der Waals surface area contributed by atoms with E-state index in [1.54, 1.807) is 19.3 Å². The zero-order valence-corrected chi connectivity index (χ0v) is 12.4. The van der Waals surface area contributed by atoms with E-state index in [-0.39, 0.29) is 17.2 Å². The zero-order chi connectivity index (χ0) is 15.0. The molecular formula is C15H25N3O2. The molecule has 1 aliphatic rings. The maximum atomic E-state index is 11.0. The van der Waals surface area contributed by atoms with Gasteiger partial charge >= 0.3 is 0 Å². The number of rotatable bonds is 9. The van der Waals surface area contributed by atoms with Crippen LogP contribution in [0.4, 0.5) is 0 Å². The van der Waals surface area contributed by atoms with Crippen molar-refractivity contribution in [2.45, 2.75) is 52.1 Å². The number of hydrogen-bond acceptors (Lipinski definition) is 4. The molecule has 0 aromatic heterocycles. The van der Waals surface area contributed by atoms with Gasteiger partial charge in [-0.25, -0.2) is 9.48 Å². The van der Waals surface area contributed by atoms with Crippen molar-refractivity contribution in [3.63, 3.8) is 0 Å². The number of amidine groups is 1. The molecule has 0 aliphatic carbocycles. The van der Waals surface area contributed by atoms with Gasteiger partial charge in [-0.3, -0.25) is 5.73 Å². The summed E-state index contributed by atoms with van der Waals surface area (Å²) >= 11 is 0. The van der Waals surface area contributed by atoms with Crippen molar-refractivity contribution < 1.29 is 14.4 Å². The highest BCUT2D eigenvalue weighted by Crippen LogP contribution is 2.22. The fraction of sp³-hybridized carbons (Fsp3) is 0.600. The minimum Gasteiger partial charge on any atom is -0.544 e. The molecule has 0 bridgehead atoms. The lowest BCUT2D eigenvalue weighted by Gasteiger charge is -2.36. The van der Waals surface area contributed by atoms with Gasteiger partial charge < -0.3 is 9.90 Å². The number of nitrogens with two attached hydrogens (primary N) is 1. The lowest BCUT2D eigenvalue weighted by molar-refractivity contribution is -0.808. The third-order valence-electron chi connectivity index (χ3n) is 3.58. The number of carbonyl (C=O) groups is 1. The van der Waals surface area contributed by atoms with Crippen molar-refractivity contribution in [2.24, 2.45) is 10.7 Å². The van der Waals surface area contributed by atoms with Crippen LogP contribution in [0.15, 0.2) is 29.5 Å². The van der Waals surface area contributed by atoms with Crippen molar-refractivity contribution in [2.75, 3.05) is 6.54 Å². The molecule has 2 atom stereocenters. The molecule has 0 saturated heterocycles. The SMILES string of the molecule is CCCC/C=C/CCC1=NC=C[N+]1(CC(=O)[O-])C(C)N. The number of allylic oxidation sites excluding steroid dienone is 2. The second-order valence-corrected chi connectivity index (χ2v) is 5.20. The van der Waals surface area contributed by atoms with Crippen molar-refractivity contribution >= 4 is 11.8 Å². The molecule has 5 heteroatoms. The van der Waals surface area contributed by atoms with Gasteiger partial charge in [-0.05, 0) is 12.8 Å². The molecule has 0 aromatic rings. The van der Waals surface area contributed by atoms with Gasteiger partial charge in [0.15, 0.2) is 0 Å². The van der Waals surface area contributed by atoms with Gasteiger partial charge in [0.1, 0.15) is 18.9 Å². The monoisotopic (exact) mass is 279 g/mol. The maximum Gasteiger partial charge on any atom is 0.209 e. The minimum absolute atomic E-state index is 0.0745. The molecule has 0 radical (unpaired) electrons. The average Bonchev–Trinajstić information content (AvgIpc) is 2.77. The fourth-order valence-corrected chi connectivity index (χ4v) is 2.35. The van der Waals surface area contributed by atoms with E-state index < -0.39 is 5.97 Å². The number of carboxylic acids is 1. The number of carboxylic acid groups (broad SMARTS) is 1. The van der Waals surface area contributed by atoms with Gasteiger partial charge in [-0.1, -0.05) is 31.9 Å². The summed E-state index contributed by atoms with van der Waals surface area (Å²) in [4.78, 5) is 15.3. The average molecular weight is 279 g/mol. The predicted octanol–water partition coefficient (Wildman–Crippen LogP) is 1.27. The van der Waals surface area contributed by atoms with E-state index in [0.29, 0.717) is 6.42 Å². The Hall–Kier alpha value is -1.46. The van der Waals surface area contributed by atoms with E-state index in [4.69, 9.17) is 5.73 Å². The molecule has 0 saturated carbocycles. The highest BCUT2D eigenvalue weighted by atomic mass is 16.4. The lowest BCUT2D eigenvalue weighted by Crippen LogP contribution is -2.60. The van der Waals surface area contributed by atoms with Crippen LogP contribution >= 0.6 is 0 Å². The summed E-state index contributed by atoms with van der Waals surface area (Å²) in [6, 6.07) is 0. The number of aliphatic carboxylic acids is 1. The quantitative estimate of drug-likeness (QED) is 0.392.